The van der Waals surface area contributed by atoms with Crippen LogP contribution in [-0.2, 0) is 11.3 Å². The summed E-state index contributed by atoms with van der Waals surface area (Å²) in [7, 11) is 1.60. The predicted octanol–water partition coefficient (Wildman–Crippen LogP) is 2.55. The van der Waals surface area contributed by atoms with Crippen molar-refractivity contribution in [1.82, 2.24) is 15.1 Å². The van der Waals surface area contributed by atoms with E-state index in [0.717, 1.165) is 17.0 Å². The minimum Gasteiger partial charge on any atom is -0.378 e. The van der Waals surface area contributed by atoms with E-state index >= 15 is 0 Å². The van der Waals surface area contributed by atoms with Gasteiger partial charge in [-0.1, -0.05) is 16.8 Å². The predicted molar refractivity (Wildman–Crippen MR) is 62.7 cm³/mol. The van der Waals surface area contributed by atoms with Crippen LogP contribution in [0.4, 0.5) is 0 Å². The zero-order valence-corrected chi connectivity index (χ0v) is 10.6. The zero-order chi connectivity index (χ0) is 12.4. The van der Waals surface area contributed by atoms with Crippen molar-refractivity contribution in [3.05, 3.63) is 28.4 Å². The number of hydrogen-bond acceptors (Lipinski definition) is 5. The van der Waals surface area contributed by atoms with E-state index in [1.54, 1.807) is 13.2 Å². The fourth-order valence-corrected chi connectivity index (χ4v) is 1.81. The van der Waals surface area contributed by atoms with Crippen LogP contribution in [0.25, 0.3) is 11.4 Å². The number of ether oxygens (including phenoxy) is 1. The van der Waals surface area contributed by atoms with Gasteiger partial charge in [-0.05, 0) is 19.9 Å². The fraction of sp³-hybridized carbons (Fsp3) is 0.364. The second-order valence-electron chi connectivity index (χ2n) is 3.64. The molecule has 0 fully saturated rings. The summed E-state index contributed by atoms with van der Waals surface area (Å²) in [6, 6.07) is 1.67. The van der Waals surface area contributed by atoms with Gasteiger partial charge in [0, 0.05) is 7.11 Å². The average Bonchev–Trinajstić information content (AvgIpc) is 2.58. The Morgan fingerprint density at radius 2 is 2.12 bits per heavy atom. The minimum absolute atomic E-state index is 0.377. The zero-order valence-electron chi connectivity index (χ0n) is 9.82. The smallest absolute Gasteiger partial charge is 0.166 e. The van der Waals surface area contributed by atoms with Gasteiger partial charge in [-0.15, -0.1) is 0 Å². The van der Waals surface area contributed by atoms with Crippen LogP contribution < -0.4 is 0 Å². The Labute approximate surface area is 104 Å². The van der Waals surface area contributed by atoms with Crippen LogP contribution in [0, 0.1) is 13.8 Å². The summed E-state index contributed by atoms with van der Waals surface area (Å²) < 4.78 is 10.1. The Bertz CT molecular complexity index is 520. The van der Waals surface area contributed by atoms with Gasteiger partial charge in [-0.3, -0.25) is 0 Å². The van der Waals surface area contributed by atoms with E-state index in [1.807, 2.05) is 13.8 Å². The van der Waals surface area contributed by atoms with Gasteiger partial charge in [0.15, 0.2) is 5.82 Å². The minimum atomic E-state index is 0.377. The number of rotatable bonds is 3. The number of hydrogen-bond donors (Lipinski definition) is 0. The number of nitrogens with zero attached hydrogens (tertiary/aromatic N) is 3. The summed E-state index contributed by atoms with van der Waals surface area (Å²) in [6.45, 7) is 4.04. The third-order valence-electron chi connectivity index (χ3n) is 2.30. The lowest BCUT2D eigenvalue weighted by Gasteiger charge is -2.03. The molecule has 0 amide bonds. The van der Waals surface area contributed by atoms with E-state index in [2.05, 4.69) is 15.1 Å². The quantitative estimate of drug-likeness (QED) is 0.787. The molecule has 6 heteroatoms. The van der Waals surface area contributed by atoms with E-state index in [-0.39, 0.29) is 0 Å². The Hall–Kier alpha value is -1.46. The molecule has 2 aromatic heterocycles. The largest absolute Gasteiger partial charge is 0.378 e. The molecule has 0 saturated carbocycles. The molecule has 5 nitrogen and oxygen atoms in total. The van der Waals surface area contributed by atoms with Crippen molar-refractivity contribution in [3.63, 3.8) is 0 Å². The first kappa shape index (κ1) is 12.0. The highest BCUT2D eigenvalue weighted by Gasteiger charge is 2.15. The van der Waals surface area contributed by atoms with Crippen LogP contribution in [0.1, 0.15) is 17.1 Å². The molecule has 0 atom stereocenters. The molecule has 2 aromatic rings. The lowest BCUT2D eigenvalue weighted by atomic mass is 10.2. The molecule has 90 valence electrons. The van der Waals surface area contributed by atoms with Gasteiger partial charge in [0.25, 0.3) is 0 Å². The Morgan fingerprint density at radius 3 is 2.71 bits per heavy atom. The van der Waals surface area contributed by atoms with Crippen LogP contribution in [0.3, 0.4) is 0 Å². The van der Waals surface area contributed by atoms with E-state index in [0.29, 0.717) is 23.3 Å². The van der Waals surface area contributed by atoms with Crippen LogP contribution in [-0.4, -0.2) is 22.2 Å². The molecule has 0 unspecified atom stereocenters. The van der Waals surface area contributed by atoms with Gasteiger partial charge in [0.2, 0.25) is 0 Å². The highest BCUT2D eigenvalue weighted by Crippen LogP contribution is 2.25. The van der Waals surface area contributed by atoms with Crippen molar-refractivity contribution in [1.29, 1.82) is 0 Å². The first-order valence-electron chi connectivity index (χ1n) is 5.07. The van der Waals surface area contributed by atoms with Crippen LogP contribution >= 0.6 is 11.6 Å². The van der Waals surface area contributed by atoms with Crippen molar-refractivity contribution in [3.8, 4) is 11.4 Å². The van der Waals surface area contributed by atoms with E-state index in [4.69, 9.17) is 20.9 Å². The average molecular weight is 254 g/mol. The van der Waals surface area contributed by atoms with Crippen LogP contribution in [0.5, 0.6) is 0 Å². The maximum absolute atomic E-state index is 5.95. The van der Waals surface area contributed by atoms with E-state index < -0.39 is 0 Å². The summed E-state index contributed by atoms with van der Waals surface area (Å²) in [4.78, 5) is 8.55. The molecular weight excluding hydrogens is 242 g/mol. The second-order valence-corrected chi connectivity index (χ2v) is 4.03. The lowest BCUT2D eigenvalue weighted by molar-refractivity contribution is 0.181. The molecule has 0 saturated heterocycles. The monoisotopic (exact) mass is 253 g/mol. The maximum Gasteiger partial charge on any atom is 0.166 e. The van der Waals surface area contributed by atoms with Crippen LogP contribution in [0.15, 0.2) is 10.6 Å². The molecule has 17 heavy (non-hydrogen) atoms. The highest BCUT2D eigenvalue weighted by atomic mass is 35.5. The van der Waals surface area contributed by atoms with Crippen molar-refractivity contribution in [2.24, 2.45) is 0 Å². The third-order valence-corrected chi connectivity index (χ3v) is 2.49. The van der Waals surface area contributed by atoms with Crippen LogP contribution in [0.2, 0.25) is 5.15 Å². The first-order chi connectivity index (χ1) is 8.11. The maximum atomic E-state index is 5.95. The van der Waals surface area contributed by atoms with Gasteiger partial charge < -0.3 is 9.26 Å². The number of aromatic nitrogens is 3. The summed E-state index contributed by atoms with van der Waals surface area (Å²) in [5.74, 6) is 1.19. The SMILES string of the molecule is COCc1cc(Cl)nc(-c2c(C)noc2C)n1. The van der Waals surface area contributed by atoms with Gasteiger partial charge in [-0.2, -0.15) is 0 Å². The second kappa shape index (κ2) is 4.81. The molecule has 0 radical (unpaired) electrons. The third kappa shape index (κ3) is 2.45. The summed E-state index contributed by atoms with van der Waals surface area (Å²) in [5, 5.41) is 4.25. The van der Waals surface area contributed by atoms with E-state index in [9.17, 15) is 0 Å². The molecule has 2 heterocycles. The Morgan fingerprint density at radius 1 is 1.35 bits per heavy atom. The topological polar surface area (TPSA) is 61.0 Å². The molecule has 0 aliphatic heterocycles. The van der Waals surface area contributed by atoms with Crippen molar-refractivity contribution in [2.75, 3.05) is 7.11 Å². The summed E-state index contributed by atoms with van der Waals surface area (Å²) >= 11 is 5.95. The van der Waals surface area contributed by atoms with E-state index in [1.165, 1.54) is 0 Å². The molecule has 0 spiro atoms. The van der Waals surface area contributed by atoms with Gasteiger partial charge in [-0.25, -0.2) is 9.97 Å². The molecule has 0 N–H and O–H groups in total. The summed E-state index contributed by atoms with van der Waals surface area (Å²) in [6.07, 6.45) is 0. The number of aryl methyl sites for hydroxylation is 2. The summed E-state index contributed by atoms with van der Waals surface area (Å²) in [5.41, 5.74) is 2.25. The standard InChI is InChI=1S/C11H12ClN3O2/c1-6-10(7(2)17-15-6)11-13-8(5-16-3)4-9(12)14-11/h4H,5H2,1-3H3. The number of halogens is 1. The van der Waals surface area contributed by atoms with Gasteiger partial charge >= 0.3 is 0 Å². The highest BCUT2D eigenvalue weighted by molar-refractivity contribution is 6.29. The Kier molecular flexibility index (Phi) is 3.40. The number of methoxy groups -OCH3 is 1. The molecule has 0 aliphatic carbocycles. The first-order valence-corrected chi connectivity index (χ1v) is 5.45. The Balaban J connectivity index is 2.52. The van der Waals surface area contributed by atoms with Crippen molar-refractivity contribution < 1.29 is 9.26 Å². The lowest BCUT2D eigenvalue weighted by Crippen LogP contribution is -1.98. The molecule has 0 bridgehead atoms. The molecule has 0 aromatic carbocycles. The van der Waals surface area contributed by atoms with Gasteiger partial charge in [0.05, 0.1) is 23.6 Å². The molecule has 0 aliphatic rings. The molecular formula is C11H12ClN3O2. The normalized spacial score (nSPS) is 10.8. The van der Waals surface area contributed by atoms with Crippen molar-refractivity contribution >= 4 is 11.6 Å². The van der Waals surface area contributed by atoms with Gasteiger partial charge in [0.1, 0.15) is 10.9 Å². The fourth-order valence-electron chi connectivity index (χ4n) is 1.60. The van der Waals surface area contributed by atoms with Crippen molar-refractivity contribution in [2.45, 2.75) is 20.5 Å². The molecule has 2 rings (SSSR count).